The summed E-state index contributed by atoms with van der Waals surface area (Å²) in [5.74, 6) is 1.65. The fourth-order valence-electron chi connectivity index (χ4n) is 3.65. The SMILES string of the molecule is CCCCN=C(NCC)NCCN1CCN(C(=O)C2CCCC2)CC1. The summed E-state index contributed by atoms with van der Waals surface area (Å²) >= 11 is 0. The number of unbranched alkanes of at least 4 members (excludes halogenated alkanes) is 1. The molecule has 2 rings (SSSR count). The number of amides is 1. The molecular formula is C19H37N5O. The monoisotopic (exact) mass is 351 g/mol. The highest BCUT2D eigenvalue weighted by molar-refractivity contribution is 5.80. The summed E-state index contributed by atoms with van der Waals surface area (Å²) in [5.41, 5.74) is 0. The summed E-state index contributed by atoms with van der Waals surface area (Å²) in [6.45, 7) is 11.7. The molecule has 0 spiro atoms. The number of hydrogen-bond acceptors (Lipinski definition) is 3. The van der Waals surface area contributed by atoms with Gasteiger partial charge in [-0.3, -0.25) is 14.7 Å². The Morgan fingerprint density at radius 2 is 1.80 bits per heavy atom. The lowest BCUT2D eigenvalue weighted by molar-refractivity contribution is -0.137. The summed E-state index contributed by atoms with van der Waals surface area (Å²) in [6, 6.07) is 0. The molecule has 0 aromatic rings. The van der Waals surface area contributed by atoms with E-state index < -0.39 is 0 Å². The number of nitrogens with zero attached hydrogens (tertiary/aromatic N) is 3. The Balaban J connectivity index is 1.64. The van der Waals surface area contributed by atoms with Gasteiger partial charge in [0.2, 0.25) is 5.91 Å². The molecule has 2 fully saturated rings. The largest absolute Gasteiger partial charge is 0.357 e. The molecular weight excluding hydrogens is 314 g/mol. The first kappa shape index (κ1) is 20.0. The first-order valence-corrected chi connectivity index (χ1v) is 10.3. The van der Waals surface area contributed by atoms with Crippen molar-refractivity contribution < 1.29 is 4.79 Å². The maximum atomic E-state index is 12.5. The van der Waals surface area contributed by atoms with Crippen LogP contribution in [0, 0.1) is 5.92 Å². The fourth-order valence-corrected chi connectivity index (χ4v) is 3.65. The molecule has 0 aromatic carbocycles. The lowest BCUT2D eigenvalue weighted by Crippen LogP contribution is -2.51. The Morgan fingerprint density at radius 1 is 1.08 bits per heavy atom. The van der Waals surface area contributed by atoms with Crippen LogP contribution in [0.5, 0.6) is 0 Å². The molecule has 0 bridgehead atoms. The van der Waals surface area contributed by atoms with E-state index in [0.29, 0.717) is 11.8 Å². The molecule has 1 saturated heterocycles. The molecule has 2 N–H and O–H groups in total. The van der Waals surface area contributed by atoms with Gasteiger partial charge in [0.15, 0.2) is 5.96 Å². The van der Waals surface area contributed by atoms with Crippen LogP contribution >= 0.6 is 0 Å². The predicted octanol–water partition coefficient (Wildman–Crippen LogP) is 1.68. The maximum Gasteiger partial charge on any atom is 0.225 e. The zero-order chi connectivity index (χ0) is 17.9. The molecule has 0 radical (unpaired) electrons. The third-order valence-electron chi connectivity index (χ3n) is 5.23. The molecule has 0 unspecified atom stereocenters. The molecule has 1 aliphatic heterocycles. The number of hydrogen-bond donors (Lipinski definition) is 2. The highest BCUT2D eigenvalue weighted by atomic mass is 16.2. The van der Waals surface area contributed by atoms with Crippen molar-refractivity contribution in [1.82, 2.24) is 20.4 Å². The Morgan fingerprint density at radius 3 is 2.44 bits per heavy atom. The molecule has 1 amide bonds. The number of carbonyl (C=O) groups excluding carboxylic acids is 1. The van der Waals surface area contributed by atoms with Gasteiger partial charge < -0.3 is 15.5 Å². The highest BCUT2D eigenvalue weighted by Crippen LogP contribution is 2.26. The Bertz CT molecular complexity index is 412. The summed E-state index contributed by atoms with van der Waals surface area (Å²) in [6.07, 6.45) is 6.98. The average molecular weight is 352 g/mol. The Hall–Kier alpha value is -1.30. The minimum atomic E-state index is 0.315. The van der Waals surface area contributed by atoms with Crippen LogP contribution in [0.25, 0.3) is 0 Å². The van der Waals surface area contributed by atoms with E-state index >= 15 is 0 Å². The van der Waals surface area contributed by atoms with Crippen LogP contribution in [0.15, 0.2) is 4.99 Å². The molecule has 0 aromatic heterocycles. The molecule has 25 heavy (non-hydrogen) atoms. The first-order valence-electron chi connectivity index (χ1n) is 10.3. The number of nitrogens with one attached hydrogen (secondary N) is 2. The fraction of sp³-hybridized carbons (Fsp3) is 0.895. The van der Waals surface area contributed by atoms with E-state index in [-0.39, 0.29) is 0 Å². The standard InChI is InChI=1S/C19H37N5O/c1-3-5-10-21-19(20-4-2)22-11-12-23-13-15-24(16-14-23)18(25)17-8-6-7-9-17/h17H,3-16H2,1-2H3,(H2,20,21,22). The van der Waals surface area contributed by atoms with Gasteiger partial charge >= 0.3 is 0 Å². The van der Waals surface area contributed by atoms with Crippen LogP contribution < -0.4 is 10.6 Å². The number of guanidine groups is 1. The quantitative estimate of drug-likeness (QED) is 0.397. The highest BCUT2D eigenvalue weighted by Gasteiger charge is 2.29. The number of carbonyl (C=O) groups is 1. The normalized spacial score (nSPS) is 20.1. The van der Waals surface area contributed by atoms with Crippen molar-refractivity contribution in [2.45, 2.75) is 52.4 Å². The van der Waals surface area contributed by atoms with E-state index in [1.165, 1.54) is 19.3 Å². The molecule has 1 aliphatic carbocycles. The van der Waals surface area contributed by atoms with Gasteiger partial charge in [-0.2, -0.15) is 0 Å². The van der Waals surface area contributed by atoms with Gasteiger partial charge in [-0.25, -0.2) is 0 Å². The van der Waals surface area contributed by atoms with Crippen molar-refractivity contribution in [3.63, 3.8) is 0 Å². The van der Waals surface area contributed by atoms with E-state index in [9.17, 15) is 4.79 Å². The summed E-state index contributed by atoms with van der Waals surface area (Å²) < 4.78 is 0. The summed E-state index contributed by atoms with van der Waals surface area (Å²) in [7, 11) is 0. The second kappa shape index (κ2) is 11.3. The molecule has 6 heteroatoms. The smallest absolute Gasteiger partial charge is 0.225 e. The average Bonchev–Trinajstić information content (AvgIpc) is 3.16. The Kier molecular flexibility index (Phi) is 9.08. The molecule has 0 atom stereocenters. The maximum absolute atomic E-state index is 12.5. The van der Waals surface area contributed by atoms with Crippen molar-refractivity contribution in [1.29, 1.82) is 0 Å². The van der Waals surface area contributed by atoms with Crippen LogP contribution in [0.3, 0.4) is 0 Å². The van der Waals surface area contributed by atoms with E-state index in [2.05, 4.69) is 39.3 Å². The van der Waals surface area contributed by atoms with E-state index in [1.54, 1.807) is 0 Å². The van der Waals surface area contributed by atoms with Crippen LogP contribution in [0.1, 0.15) is 52.4 Å². The van der Waals surface area contributed by atoms with Crippen LogP contribution in [0.4, 0.5) is 0 Å². The first-order chi connectivity index (χ1) is 12.2. The topological polar surface area (TPSA) is 60.0 Å². The van der Waals surface area contributed by atoms with Gasteiger partial charge in [-0.1, -0.05) is 26.2 Å². The molecule has 2 aliphatic rings. The predicted molar refractivity (Wildman–Crippen MR) is 104 cm³/mol. The van der Waals surface area contributed by atoms with E-state index in [1.807, 2.05) is 0 Å². The minimum absolute atomic E-state index is 0.315. The third kappa shape index (κ3) is 6.84. The van der Waals surface area contributed by atoms with Crippen LogP contribution in [-0.2, 0) is 4.79 Å². The van der Waals surface area contributed by atoms with Crippen LogP contribution in [0.2, 0.25) is 0 Å². The molecule has 144 valence electrons. The zero-order valence-electron chi connectivity index (χ0n) is 16.2. The number of piperazine rings is 1. The molecule has 1 heterocycles. The van der Waals surface area contributed by atoms with Crippen molar-refractivity contribution in [3.05, 3.63) is 0 Å². The van der Waals surface area contributed by atoms with E-state index in [0.717, 1.165) is 77.6 Å². The van der Waals surface area contributed by atoms with E-state index in [4.69, 9.17) is 0 Å². The second-order valence-corrected chi connectivity index (χ2v) is 7.19. The van der Waals surface area contributed by atoms with Crippen molar-refractivity contribution in [2.24, 2.45) is 10.9 Å². The number of rotatable bonds is 8. The number of aliphatic imine (C=N–C) groups is 1. The van der Waals surface area contributed by atoms with Crippen molar-refractivity contribution in [2.75, 3.05) is 52.4 Å². The minimum Gasteiger partial charge on any atom is -0.357 e. The van der Waals surface area contributed by atoms with Gasteiger partial charge in [0, 0.05) is 58.3 Å². The van der Waals surface area contributed by atoms with Gasteiger partial charge in [-0.05, 0) is 26.2 Å². The van der Waals surface area contributed by atoms with Gasteiger partial charge in [0.1, 0.15) is 0 Å². The third-order valence-corrected chi connectivity index (χ3v) is 5.23. The molecule has 1 saturated carbocycles. The van der Waals surface area contributed by atoms with Gasteiger partial charge in [0.05, 0.1) is 0 Å². The lowest BCUT2D eigenvalue weighted by Gasteiger charge is -2.36. The summed E-state index contributed by atoms with van der Waals surface area (Å²) in [5, 5.41) is 6.72. The van der Waals surface area contributed by atoms with Crippen LogP contribution in [-0.4, -0.2) is 74.0 Å². The van der Waals surface area contributed by atoms with Crippen molar-refractivity contribution >= 4 is 11.9 Å². The Labute approximate surface area is 153 Å². The lowest BCUT2D eigenvalue weighted by atomic mass is 10.1. The van der Waals surface area contributed by atoms with Gasteiger partial charge in [0.25, 0.3) is 0 Å². The summed E-state index contributed by atoms with van der Waals surface area (Å²) in [4.78, 5) is 21.6. The van der Waals surface area contributed by atoms with Crippen molar-refractivity contribution in [3.8, 4) is 0 Å². The second-order valence-electron chi connectivity index (χ2n) is 7.19. The van der Waals surface area contributed by atoms with Gasteiger partial charge in [-0.15, -0.1) is 0 Å². The molecule has 6 nitrogen and oxygen atoms in total. The zero-order valence-corrected chi connectivity index (χ0v) is 16.2.